The van der Waals surface area contributed by atoms with Crippen molar-refractivity contribution in [2.75, 3.05) is 0 Å². The van der Waals surface area contributed by atoms with Crippen LogP contribution in [0.1, 0.15) is 0 Å². The Morgan fingerprint density at radius 2 is 2.18 bits per heavy atom. The molecule has 0 atom stereocenters. The van der Waals surface area contributed by atoms with Gasteiger partial charge in [0.2, 0.25) is 0 Å². The lowest BCUT2D eigenvalue weighted by Gasteiger charge is -1.95. The van der Waals surface area contributed by atoms with Crippen molar-refractivity contribution in [2.24, 2.45) is 0 Å². The zero-order valence-corrected chi connectivity index (χ0v) is 9.54. The lowest BCUT2D eigenvalue weighted by atomic mass is 10.2. The molecule has 3 rings (SSSR count). The maximum atomic E-state index is 13.1. The Balaban J connectivity index is 2.01. The van der Waals surface area contributed by atoms with E-state index in [0.29, 0.717) is 0 Å². The molecule has 2 heterocycles. The summed E-state index contributed by atoms with van der Waals surface area (Å²) in [6.07, 6.45) is 1.68. The van der Waals surface area contributed by atoms with E-state index in [1.165, 1.54) is 23.5 Å². The Morgan fingerprint density at radius 3 is 2.94 bits per heavy atom. The van der Waals surface area contributed by atoms with E-state index in [-0.39, 0.29) is 5.82 Å². The first-order valence-corrected chi connectivity index (χ1v) is 5.92. The molecule has 3 aromatic rings. The first kappa shape index (κ1) is 10.2. The summed E-state index contributed by atoms with van der Waals surface area (Å²) in [7, 11) is 0. The van der Waals surface area contributed by atoms with Crippen molar-refractivity contribution in [1.29, 1.82) is 0 Å². The fourth-order valence-corrected chi connectivity index (χ4v) is 2.36. The number of benzene rings is 1. The van der Waals surface area contributed by atoms with Gasteiger partial charge < -0.3 is 0 Å². The number of aromatic amines is 1. The fraction of sp³-hybridized carbons (Fsp3) is 0. The topological polar surface area (TPSA) is 41.6 Å². The maximum Gasteiger partial charge on any atom is 0.141 e. The summed E-state index contributed by atoms with van der Waals surface area (Å²) < 4.78 is 13.1. The highest BCUT2D eigenvalue weighted by atomic mass is 32.1. The second-order valence-electron chi connectivity index (χ2n) is 3.52. The summed E-state index contributed by atoms with van der Waals surface area (Å²) in [5.41, 5.74) is 2.43. The van der Waals surface area contributed by atoms with Gasteiger partial charge in [-0.1, -0.05) is 12.1 Å². The highest BCUT2D eigenvalue weighted by molar-refractivity contribution is 7.13. The molecule has 3 nitrogen and oxygen atoms in total. The molecule has 2 aromatic heterocycles. The minimum atomic E-state index is -0.251. The first-order valence-electron chi connectivity index (χ1n) is 5.04. The van der Waals surface area contributed by atoms with Crippen molar-refractivity contribution in [3.63, 3.8) is 0 Å². The van der Waals surface area contributed by atoms with E-state index < -0.39 is 0 Å². The number of nitrogens with one attached hydrogen (secondary N) is 1. The van der Waals surface area contributed by atoms with Gasteiger partial charge in [0.15, 0.2) is 0 Å². The summed E-state index contributed by atoms with van der Waals surface area (Å²) in [5, 5.41) is 9.49. The van der Waals surface area contributed by atoms with Gasteiger partial charge in [-0.3, -0.25) is 5.10 Å². The normalized spacial score (nSPS) is 10.6. The number of aromatic nitrogens is 3. The molecule has 1 N–H and O–H groups in total. The third-order valence-corrected chi connectivity index (χ3v) is 3.23. The first-order chi connectivity index (χ1) is 8.33. The lowest BCUT2D eigenvalue weighted by Crippen LogP contribution is -1.81. The van der Waals surface area contributed by atoms with Crippen LogP contribution in [0.4, 0.5) is 4.39 Å². The molecule has 0 fully saturated rings. The van der Waals surface area contributed by atoms with Crippen LogP contribution in [0.15, 0.2) is 41.9 Å². The third kappa shape index (κ3) is 1.97. The fourth-order valence-electron chi connectivity index (χ4n) is 1.55. The molecule has 0 saturated heterocycles. The molecule has 0 radical (unpaired) electrons. The zero-order valence-electron chi connectivity index (χ0n) is 8.72. The van der Waals surface area contributed by atoms with Crippen LogP contribution in [0, 0.1) is 5.82 Å². The van der Waals surface area contributed by atoms with Gasteiger partial charge >= 0.3 is 0 Å². The highest BCUT2D eigenvalue weighted by Gasteiger charge is 2.07. The van der Waals surface area contributed by atoms with Crippen LogP contribution in [-0.4, -0.2) is 15.2 Å². The predicted molar refractivity (Wildman–Crippen MR) is 65.1 cm³/mol. The van der Waals surface area contributed by atoms with E-state index in [0.717, 1.165) is 22.0 Å². The third-order valence-electron chi connectivity index (χ3n) is 2.36. The molecule has 0 aliphatic carbocycles. The van der Waals surface area contributed by atoms with Gasteiger partial charge in [-0.15, -0.1) is 11.3 Å². The molecule has 0 bridgehead atoms. The predicted octanol–water partition coefficient (Wildman–Crippen LogP) is 3.34. The minimum Gasteiger partial charge on any atom is -0.275 e. The number of nitrogens with zero attached hydrogens (tertiary/aromatic N) is 2. The molecule has 5 heteroatoms. The quantitative estimate of drug-likeness (QED) is 0.752. The Labute approximate surface area is 101 Å². The van der Waals surface area contributed by atoms with Gasteiger partial charge in [-0.05, 0) is 18.2 Å². The van der Waals surface area contributed by atoms with E-state index in [4.69, 9.17) is 0 Å². The van der Waals surface area contributed by atoms with Crippen molar-refractivity contribution >= 4 is 11.3 Å². The summed E-state index contributed by atoms with van der Waals surface area (Å²) >= 11 is 1.50. The molecule has 0 aliphatic rings. The standard InChI is InChI=1S/C12H8FN3S/c13-9-3-1-2-8(6-9)11-7-17-12(15-11)10-4-5-14-16-10/h1-7H,(H,14,16). The molecular weight excluding hydrogens is 237 g/mol. The summed E-state index contributed by atoms with van der Waals surface area (Å²) in [5.74, 6) is -0.251. The van der Waals surface area contributed by atoms with E-state index in [9.17, 15) is 4.39 Å². The molecule has 1 aromatic carbocycles. The van der Waals surface area contributed by atoms with Crippen molar-refractivity contribution in [1.82, 2.24) is 15.2 Å². The maximum absolute atomic E-state index is 13.1. The van der Waals surface area contributed by atoms with Crippen LogP contribution in [0.3, 0.4) is 0 Å². The molecular formula is C12H8FN3S. The minimum absolute atomic E-state index is 0.251. The Bertz CT molecular complexity index is 631. The Morgan fingerprint density at radius 1 is 1.24 bits per heavy atom. The van der Waals surface area contributed by atoms with Crippen molar-refractivity contribution < 1.29 is 4.39 Å². The monoisotopic (exact) mass is 245 g/mol. The van der Waals surface area contributed by atoms with E-state index in [1.54, 1.807) is 12.3 Å². The van der Waals surface area contributed by atoms with Gasteiger partial charge in [0.1, 0.15) is 10.8 Å². The van der Waals surface area contributed by atoms with Gasteiger partial charge in [0.25, 0.3) is 0 Å². The van der Waals surface area contributed by atoms with E-state index in [2.05, 4.69) is 15.2 Å². The summed E-state index contributed by atoms with van der Waals surface area (Å²) in [4.78, 5) is 4.44. The van der Waals surface area contributed by atoms with Crippen LogP contribution in [-0.2, 0) is 0 Å². The van der Waals surface area contributed by atoms with Gasteiger partial charge in [0, 0.05) is 17.1 Å². The number of halogens is 1. The van der Waals surface area contributed by atoms with Crippen LogP contribution in [0.25, 0.3) is 22.0 Å². The van der Waals surface area contributed by atoms with Gasteiger partial charge in [0.05, 0.1) is 11.4 Å². The van der Waals surface area contributed by atoms with Crippen LogP contribution in [0.2, 0.25) is 0 Å². The molecule has 0 unspecified atom stereocenters. The van der Waals surface area contributed by atoms with Crippen LogP contribution in [0.5, 0.6) is 0 Å². The van der Waals surface area contributed by atoms with Gasteiger partial charge in [-0.25, -0.2) is 9.37 Å². The lowest BCUT2D eigenvalue weighted by molar-refractivity contribution is 0.628. The molecule has 84 valence electrons. The van der Waals surface area contributed by atoms with E-state index >= 15 is 0 Å². The van der Waals surface area contributed by atoms with Crippen molar-refractivity contribution in [3.8, 4) is 22.0 Å². The second kappa shape index (κ2) is 4.10. The summed E-state index contributed by atoms with van der Waals surface area (Å²) in [6.45, 7) is 0. The molecule has 17 heavy (non-hydrogen) atoms. The summed E-state index contributed by atoms with van der Waals surface area (Å²) in [6, 6.07) is 8.28. The van der Waals surface area contributed by atoms with Crippen molar-refractivity contribution in [3.05, 3.63) is 47.7 Å². The SMILES string of the molecule is Fc1cccc(-c2csc(-c3ccn[nH]3)n2)c1. The highest BCUT2D eigenvalue weighted by Crippen LogP contribution is 2.27. The number of hydrogen-bond donors (Lipinski definition) is 1. The molecule has 0 aliphatic heterocycles. The van der Waals surface area contributed by atoms with Crippen LogP contribution >= 0.6 is 11.3 Å². The number of rotatable bonds is 2. The zero-order chi connectivity index (χ0) is 11.7. The smallest absolute Gasteiger partial charge is 0.141 e. The Kier molecular flexibility index (Phi) is 2.45. The van der Waals surface area contributed by atoms with E-state index in [1.807, 2.05) is 17.5 Å². The second-order valence-corrected chi connectivity index (χ2v) is 4.38. The largest absolute Gasteiger partial charge is 0.275 e. The molecule has 0 spiro atoms. The van der Waals surface area contributed by atoms with Gasteiger partial charge in [-0.2, -0.15) is 5.10 Å². The molecule has 0 saturated carbocycles. The molecule has 0 amide bonds. The van der Waals surface area contributed by atoms with Crippen LogP contribution < -0.4 is 0 Å². The van der Waals surface area contributed by atoms with Crippen molar-refractivity contribution in [2.45, 2.75) is 0 Å². The average Bonchev–Trinajstić information content (AvgIpc) is 3.00. The Hall–Kier alpha value is -2.01. The number of hydrogen-bond acceptors (Lipinski definition) is 3. The average molecular weight is 245 g/mol. The number of H-pyrrole nitrogens is 1. The number of thiazole rings is 1.